The van der Waals surface area contributed by atoms with Crippen LogP contribution in [0.15, 0.2) is 113 Å². The van der Waals surface area contributed by atoms with Crippen molar-refractivity contribution >= 4 is 47.1 Å². The van der Waals surface area contributed by atoms with Crippen LogP contribution >= 0.6 is 35.3 Å². The Kier molecular flexibility index (Phi) is 12.3. The Morgan fingerprint density at radius 2 is 1.43 bits per heavy atom. The summed E-state index contributed by atoms with van der Waals surface area (Å²) in [6.45, 7) is 9.33. The van der Waals surface area contributed by atoms with Gasteiger partial charge in [0.1, 0.15) is 0 Å². The molecule has 1 aromatic heterocycles. The Labute approximate surface area is 301 Å². The van der Waals surface area contributed by atoms with Crippen LogP contribution in [0.25, 0.3) is 6.08 Å². The zero-order valence-corrected chi connectivity index (χ0v) is 32.2. The van der Waals surface area contributed by atoms with E-state index < -0.39 is 35.4 Å². The fraction of sp³-hybridized carbons (Fsp3) is 0.333. The summed E-state index contributed by atoms with van der Waals surface area (Å²) in [5.41, 5.74) is -5.09. The standard InChI is InChI=1S/C39H43BrF2NO4PS/c1-36(2,3)46-48(45,47-37(4,5)6)39(41,42)32-17-15-29(16-18-32)25-38(31-19-21-34(49-7)22-20-31,23-11-14-28-12-9-8-10-13-28)35(44)30-24-33(40)27-43-26-30/h8-22,24,26-27H,23,25H2,1-7H3/b14-11+. The van der Waals surface area contributed by atoms with Crippen molar-refractivity contribution in [2.75, 3.05) is 6.26 Å². The molecule has 0 fully saturated rings. The van der Waals surface area contributed by atoms with Gasteiger partial charge in [0.2, 0.25) is 0 Å². The van der Waals surface area contributed by atoms with Crippen molar-refractivity contribution < 1.29 is 27.2 Å². The molecule has 0 spiro atoms. The second kappa shape index (κ2) is 15.5. The van der Waals surface area contributed by atoms with Gasteiger partial charge >= 0.3 is 13.3 Å². The predicted octanol–water partition coefficient (Wildman–Crippen LogP) is 11.9. The van der Waals surface area contributed by atoms with E-state index in [1.807, 2.05) is 73.0 Å². The third-order valence-electron chi connectivity index (χ3n) is 7.56. The summed E-state index contributed by atoms with van der Waals surface area (Å²) in [6.07, 6.45) is 9.61. The van der Waals surface area contributed by atoms with Gasteiger partial charge in [-0.15, -0.1) is 11.8 Å². The smallest absolute Gasteiger partial charge is 0.298 e. The molecular weight excluding hydrogens is 727 g/mol. The molecule has 49 heavy (non-hydrogen) atoms. The lowest BCUT2D eigenvalue weighted by atomic mass is 9.68. The molecule has 0 saturated carbocycles. The highest BCUT2D eigenvalue weighted by atomic mass is 79.9. The normalized spacial score (nSPS) is 14.2. The Hall–Kier alpha value is -2.94. The van der Waals surface area contributed by atoms with E-state index in [2.05, 4.69) is 20.9 Å². The number of thioether (sulfide) groups is 1. The van der Waals surface area contributed by atoms with Crippen LogP contribution in [0.3, 0.4) is 0 Å². The largest absolute Gasteiger partial charge is 0.405 e. The number of alkyl halides is 2. The topological polar surface area (TPSA) is 65.5 Å². The van der Waals surface area contributed by atoms with Crippen LogP contribution in [0, 0.1) is 0 Å². The molecule has 0 bridgehead atoms. The molecule has 0 N–H and O–H groups in total. The number of Topliss-reactive ketones (excluding diaryl/α,β-unsaturated/α-hetero) is 1. The minimum Gasteiger partial charge on any atom is -0.298 e. The second-order valence-corrected chi connectivity index (χ2v) is 17.6. The summed E-state index contributed by atoms with van der Waals surface area (Å²) in [5, 5.41) is 0. The highest BCUT2D eigenvalue weighted by Crippen LogP contribution is 2.69. The van der Waals surface area contributed by atoms with E-state index in [0.717, 1.165) is 16.0 Å². The molecule has 260 valence electrons. The highest BCUT2D eigenvalue weighted by molar-refractivity contribution is 9.10. The van der Waals surface area contributed by atoms with Gasteiger partial charge < -0.3 is 0 Å². The fourth-order valence-electron chi connectivity index (χ4n) is 5.46. The summed E-state index contributed by atoms with van der Waals surface area (Å²) in [4.78, 5) is 20.1. The number of nitrogens with zero attached hydrogens (tertiary/aromatic N) is 1. The van der Waals surface area contributed by atoms with Crippen molar-refractivity contribution in [1.29, 1.82) is 0 Å². The number of hydrogen-bond donors (Lipinski definition) is 0. The van der Waals surface area contributed by atoms with Crippen molar-refractivity contribution in [2.24, 2.45) is 0 Å². The SMILES string of the molecule is CSc1ccc(C(C/C=C/c2ccccc2)(Cc2ccc(C(F)(F)P(=O)(OC(C)(C)C)OC(C)(C)C)cc2)C(=O)c2cncc(Br)c2)cc1. The minimum absolute atomic E-state index is 0.160. The molecule has 0 aliphatic rings. The number of ketones is 1. The number of allylic oxidation sites excluding steroid dienone is 1. The number of aromatic nitrogens is 1. The van der Waals surface area contributed by atoms with E-state index in [0.29, 0.717) is 22.0 Å². The molecule has 0 aliphatic heterocycles. The van der Waals surface area contributed by atoms with E-state index in [1.165, 1.54) is 12.1 Å². The van der Waals surface area contributed by atoms with Crippen LogP contribution in [0.1, 0.15) is 80.6 Å². The molecule has 0 aliphatic carbocycles. The molecular formula is C39H43BrF2NO4PS. The summed E-state index contributed by atoms with van der Waals surface area (Å²) in [7, 11) is -5.01. The van der Waals surface area contributed by atoms with Crippen molar-refractivity contribution in [3.05, 3.63) is 136 Å². The molecule has 3 aromatic carbocycles. The molecule has 0 amide bonds. The zero-order valence-electron chi connectivity index (χ0n) is 28.9. The van der Waals surface area contributed by atoms with Crippen molar-refractivity contribution in [1.82, 2.24) is 4.98 Å². The van der Waals surface area contributed by atoms with Gasteiger partial charge in [0.25, 0.3) is 0 Å². The Bertz CT molecular complexity index is 1780. The van der Waals surface area contributed by atoms with Crippen LogP contribution in [0.4, 0.5) is 8.78 Å². The third kappa shape index (κ3) is 9.86. The van der Waals surface area contributed by atoms with Gasteiger partial charge in [-0.25, -0.2) is 0 Å². The lowest BCUT2D eigenvalue weighted by Gasteiger charge is -2.36. The predicted molar refractivity (Wildman–Crippen MR) is 200 cm³/mol. The maximum absolute atomic E-state index is 16.2. The van der Waals surface area contributed by atoms with E-state index in [4.69, 9.17) is 9.05 Å². The number of benzene rings is 3. The number of rotatable bonds is 13. The average molecular weight is 771 g/mol. The maximum atomic E-state index is 16.2. The van der Waals surface area contributed by atoms with Gasteiger partial charge in [0, 0.05) is 32.9 Å². The van der Waals surface area contributed by atoms with Crippen LogP contribution in [-0.4, -0.2) is 28.2 Å². The van der Waals surface area contributed by atoms with E-state index in [1.54, 1.807) is 83.9 Å². The first kappa shape index (κ1) is 38.9. The summed E-state index contributed by atoms with van der Waals surface area (Å²) in [5.74, 6) is -0.160. The van der Waals surface area contributed by atoms with E-state index >= 15 is 8.78 Å². The van der Waals surface area contributed by atoms with Crippen molar-refractivity contribution in [2.45, 2.75) is 81.6 Å². The molecule has 0 radical (unpaired) electrons. The van der Waals surface area contributed by atoms with Crippen LogP contribution in [-0.2, 0) is 31.1 Å². The molecule has 1 unspecified atom stereocenters. The van der Waals surface area contributed by atoms with Gasteiger partial charge in [-0.3, -0.25) is 23.4 Å². The number of halogens is 3. The molecule has 5 nitrogen and oxygen atoms in total. The number of hydrogen-bond acceptors (Lipinski definition) is 6. The fourth-order valence-corrected chi connectivity index (χ4v) is 8.41. The van der Waals surface area contributed by atoms with Crippen LogP contribution in [0.2, 0.25) is 0 Å². The lowest BCUT2D eigenvalue weighted by molar-refractivity contribution is -0.0213. The molecule has 1 atom stereocenters. The molecule has 4 aromatic rings. The Morgan fingerprint density at radius 1 is 0.857 bits per heavy atom. The first-order valence-corrected chi connectivity index (χ1v) is 19.4. The summed E-state index contributed by atoms with van der Waals surface area (Å²) in [6, 6.07) is 25.0. The zero-order chi connectivity index (χ0) is 36.1. The summed E-state index contributed by atoms with van der Waals surface area (Å²) < 4.78 is 57.9. The first-order valence-electron chi connectivity index (χ1n) is 15.9. The maximum Gasteiger partial charge on any atom is 0.405 e. The monoisotopic (exact) mass is 769 g/mol. The van der Waals surface area contributed by atoms with Gasteiger partial charge in [-0.1, -0.05) is 78.9 Å². The highest BCUT2D eigenvalue weighted by Gasteiger charge is 2.58. The number of carbonyl (C=O) groups excluding carboxylic acids is 1. The minimum atomic E-state index is -5.01. The summed E-state index contributed by atoms with van der Waals surface area (Å²) >= 11 is 5.05. The third-order valence-corrected chi connectivity index (χ3v) is 11.3. The molecule has 0 saturated heterocycles. The van der Waals surface area contributed by atoms with Crippen molar-refractivity contribution in [3.8, 4) is 0 Å². The van der Waals surface area contributed by atoms with Gasteiger partial charge in [-0.2, -0.15) is 8.78 Å². The van der Waals surface area contributed by atoms with Crippen molar-refractivity contribution in [3.63, 3.8) is 0 Å². The van der Waals surface area contributed by atoms with Crippen LogP contribution in [0.5, 0.6) is 0 Å². The molecule has 4 rings (SSSR count). The van der Waals surface area contributed by atoms with Gasteiger partial charge in [-0.05, 0) is 111 Å². The number of carbonyl (C=O) groups is 1. The Morgan fingerprint density at radius 3 is 1.96 bits per heavy atom. The average Bonchev–Trinajstić information content (AvgIpc) is 3.03. The first-order chi connectivity index (χ1) is 22.9. The van der Waals surface area contributed by atoms with E-state index in [9.17, 15) is 9.36 Å². The number of pyridine rings is 1. The molecule has 10 heteroatoms. The second-order valence-electron chi connectivity index (χ2n) is 13.9. The van der Waals surface area contributed by atoms with Gasteiger partial charge in [0.15, 0.2) is 5.78 Å². The quantitative estimate of drug-likeness (QED) is 0.0766. The molecule has 1 heterocycles. The van der Waals surface area contributed by atoms with E-state index in [-0.39, 0.29) is 12.2 Å². The lowest BCUT2D eigenvalue weighted by Crippen LogP contribution is -2.38. The Balaban J connectivity index is 1.83. The van der Waals surface area contributed by atoms with Crippen LogP contribution < -0.4 is 0 Å². The van der Waals surface area contributed by atoms with Gasteiger partial charge in [0.05, 0.1) is 16.6 Å².